The summed E-state index contributed by atoms with van der Waals surface area (Å²) in [5, 5.41) is 1.74. The molecule has 0 aliphatic carbocycles. The lowest BCUT2D eigenvalue weighted by Crippen LogP contribution is -2.32. The number of hydrogen-bond acceptors (Lipinski definition) is 3. The van der Waals surface area contributed by atoms with Crippen molar-refractivity contribution in [3.63, 3.8) is 0 Å². The van der Waals surface area contributed by atoms with Crippen molar-refractivity contribution in [1.29, 1.82) is 0 Å². The number of rotatable bonds is 2. The van der Waals surface area contributed by atoms with Crippen LogP contribution in [0.3, 0.4) is 0 Å². The summed E-state index contributed by atoms with van der Waals surface area (Å²) in [5.74, 6) is 0.753. The van der Waals surface area contributed by atoms with Crippen LogP contribution in [0, 0.1) is 0 Å². The van der Waals surface area contributed by atoms with Gasteiger partial charge in [0, 0.05) is 5.56 Å². The molecule has 0 atom stereocenters. The second-order valence-corrected chi connectivity index (χ2v) is 3.97. The Kier molecular flexibility index (Phi) is 2.61. The summed E-state index contributed by atoms with van der Waals surface area (Å²) in [6.45, 7) is 0.490. The van der Waals surface area contributed by atoms with E-state index in [-0.39, 0.29) is 0 Å². The predicted molar refractivity (Wildman–Crippen MR) is 68.6 cm³/mol. The highest BCUT2D eigenvalue weighted by molar-refractivity contribution is 5.74. The van der Waals surface area contributed by atoms with Crippen LogP contribution in [0.4, 0.5) is 11.4 Å². The van der Waals surface area contributed by atoms with Gasteiger partial charge >= 0.3 is 0 Å². The molecule has 0 saturated carbocycles. The average molecular weight is 240 g/mol. The van der Waals surface area contributed by atoms with E-state index in [1.165, 1.54) is 0 Å². The summed E-state index contributed by atoms with van der Waals surface area (Å²) >= 11 is 0. The van der Waals surface area contributed by atoms with Crippen molar-refractivity contribution < 1.29 is 9.53 Å². The molecular formula is C14H12N2O2. The maximum Gasteiger partial charge on any atom is 0.226 e. The summed E-state index contributed by atoms with van der Waals surface area (Å²) in [6, 6.07) is 15.5. The van der Waals surface area contributed by atoms with Gasteiger partial charge in [0.05, 0.1) is 5.69 Å². The number of fused-ring (bicyclic) bond motifs is 2. The first-order valence-electron chi connectivity index (χ1n) is 5.70. The highest BCUT2D eigenvalue weighted by Crippen LogP contribution is 2.37. The number of carbonyl (C=O) groups is 1. The SMILES string of the molecule is O=CNN1c2ccccc2COc2ccccc21. The second-order valence-electron chi connectivity index (χ2n) is 3.97. The van der Waals surface area contributed by atoms with Gasteiger partial charge in [-0.05, 0) is 18.2 Å². The molecule has 0 aromatic heterocycles. The topological polar surface area (TPSA) is 41.6 Å². The van der Waals surface area contributed by atoms with Crippen molar-refractivity contribution in [2.24, 2.45) is 0 Å². The number of para-hydroxylation sites is 3. The van der Waals surface area contributed by atoms with Crippen LogP contribution in [0.25, 0.3) is 0 Å². The summed E-state index contributed by atoms with van der Waals surface area (Å²) < 4.78 is 5.75. The molecule has 0 saturated heterocycles. The van der Waals surface area contributed by atoms with Crippen LogP contribution >= 0.6 is 0 Å². The second kappa shape index (κ2) is 4.41. The molecule has 90 valence electrons. The number of anilines is 2. The Labute approximate surface area is 105 Å². The van der Waals surface area contributed by atoms with Gasteiger partial charge in [-0.2, -0.15) is 0 Å². The molecule has 0 spiro atoms. The molecule has 3 rings (SSSR count). The van der Waals surface area contributed by atoms with E-state index in [1.807, 2.05) is 48.5 Å². The highest BCUT2D eigenvalue weighted by Gasteiger charge is 2.20. The fraction of sp³-hybridized carbons (Fsp3) is 0.0714. The lowest BCUT2D eigenvalue weighted by atomic mass is 10.2. The van der Waals surface area contributed by atoms with E-state index in [4.69, 9.17) is 4.74 Å². The fourth-order valence-corrected chi connectivity index (χ4v) is 2.09. The first kappa shape index (κ1) is 10.7. The molecule has 1 heterocycles. The van der Waals surface area contributed by atoms with Crippen LogP contribution in [0.2, 0.25) is 0 Å². The van der Waals surface area contributed by atoms with Gasteiger partial charge in [-0.15, -0.1) is 0 Å². The van der Waals surface area contributed by atoms with Crippen molar-refractivity contribution in [2.75, 3.05) is 5.01 Å². The lowest BCUT2D eigenvalue weighted by Gasteiger charge is -2.23. The van der Waals surface area contributed by atoms with Crippen LogP contribution < -0.4 is 15.2 Å². The summed E-state index contributed by atoms with van der Waals surface area (Å²) in [4.78, 5) is 10.8. The van der Waals surface area contributed by atoms with E-state index in [2.05, 4.69) is 5.43 Å². The number of hydrogen-bond donors (Lipinski definition) is 1. The third-order valence-corrected chi connectivity index (χ3v) is 2.90. The highest BCUT2D eigenvalue weighted by atomic mass is 16.5. The molecule has 2 aromatic carbocycles. The zero-order valence-corrected chi connectivity index (χ0v) is 9.67. The van der Waals surface area contributed by atoms with Gasteiger partial charge < -0.3 is 4.74 Å². The molecule has 1 amide bonds. The molecule has 4 nitrogen and oxygen atoms in total. The monoisotopic (exact) mass is 240 g/mol. The number of nitrogens with one attached hydrogen (secondary N) is 1. The maximum atomic E-state index is 10.8. The first-order valence-corrected chi connectivity index (χ1v) is 5.70. The number of carbonyl (C=O) groups excluding carboxylic acids is 1. The Morgan fingerprint density at radius 2 is 1.78 bits per heavy atom. The Balaban J connectivity index is 2.17. The number of benzene rings is 2. The minimum atomic E-state index is 0.490. The Hall–Kier alpha value is -2.49. The predicted octanol–water partition coefficient (Wildman–Crippen LogP) is 2.38. The molecule has 1 N–H and O–H groups in total. The molecule has 4 heteroatoms. The molecule has 0 radical (unpaired) electrons. The summed E-state index contributed by atoms with van der Waals surface area (Å²) in [5.41, 5.74) is 5.49. The number of nitrogens with zero attached hydrogens (tertiary/aromatic N) is 1. The normalized spacial score (nSPS) is 12.8. The minimum absolute atomic E-state index is 0.490. The molecule has 0 unspecified atom stereocenters. The zero-order valence-electron chi connectivity index (χ0n) is 9.67. The first-order chi connectivity index (χ1) is 8.90. The molecule has 18 heavy (non-hydrogen) atoms. The van der Waals surface area contributed by atoms with Crippen LogP contribution in [0.5, 0.6) is 5.75 Å². The van der Waals surface area contributed by atoms with Gasteiger partial charge in [-0.3, -0.25) is 10.2 Å². The van der Waals surface area contributed by atoms with Gasteiger partial charge in [-0.25, -0.2) is 5.01 Å². The number of hydrazine groups is 1. The molecular weight excluding hydrogens is 228 g/mol. The van der Waals surface area contributed by atoms with E-state index in [9.17, 15) is 4.79 Å². The Morgan fingerprint density at radius 1 is 1.06 bits per heavy atom. The van der Waals surface area contributed by atoms with E-state index in [0.717, 1.165) is 22.7 Å². The van der Waals surface area contributed by atoms with Crippen molar-refractivity contribution in [3.05, 3.63) is 54.1 Å². The van der Waals surface area contributed by atoms with Crippen molar-refractivity contribution in [2.45, 2.75) is 6.61 Å². The van der Waals surface area contributed by atoms with E-state index in [0.29, 0.717) is 13.0 Å². The molecule has 0 fully saturated rings. The van der Waals surface area contributed by atoms with Gasteiger partial charge in [0.15, 0.2) is 0 Å². The van der Waals surface area contributed by atoms with Crippen LogP contribution in [-0.2, 0) is 11.4 Å². The standard InChI is InChI=1S/C14H12N2O2/c17-10-15-16-12-6-2-1-5-11(12)9-18-14-8-4-3-7-13(14)16/h1-8,10H,9H2,(H,15,17). The molecule has 2 aromatic rings. The number of ether oxygens (including phenoxy) is 1. The molecule has 1 aliphatic rings. The molecule has 0 bridgehead atoms. The van der Waals surface area contributed by atoms with Crippen molar-refractivity contribution >= 4 is 17.8 Å². The summed E-state index contributed by atoms with van der Waals surface area (Å²) in [6.07, 6.45) is 0.666. The third-order valence-electron chi connectivity index (χ3n) is 2.90. The largest absolute Gasteiger partial charge is 0.487 e. The van der Waals surface area contributed by atoms with Gasteiger partial charge in [0.2, 0.25) is 6.41 Å². The van der Waals surface area contributed by atoms with Crippen molar-refractivity contribution in [3.8, 4) is 5.75 Å². The average Bonchev–Trinajstić information content (AvgIpc) is 2.58. The lowest BCUT2D eigenvalue weighted by molar-refractivity contribution is -0.109. The van der Waals surface area contributed by atoms with Crippen LogP contribution in [0.1, 0.15) is 5.56 Å². The van der Waals surface area contributed by atoms with Crippen LogP contribution in [0.15, 0.2) is 48.5 Å². The number of amides is 1. The van der Waals surface area contributed by atoms with E-state index in [1.54, 1.807) is 5.01 Å². The third kappa shape index (κ3) is 1.68. The molecule has 1 aliphatic heterocycles. The van der Waals surface area contributed by atoms with Gasteiger partial charge in [0.25, 0.3) is 0 Å². The minimum Gasteiger partial charge on any atom is -0.487 e. The summed E-state index contributed by atoms with van der Waals surface area (Å²) in [7, 11) is 0. The van der Waals surface area contributed by atoms with Crippen LogP contribution in [-0.4, -0.2) is 6.41 Å². The van der Waals surface area contributed by atoms with E-state index < -0.39 is 0 Å². The quantitative estimate of drug-likeness (QED) is 0.819. The maximum absolute atomic E-state index is 10.8. The van der Waals surface area contributed by atoms with Crippen molar-refractivity contribution in [1.82, 2.24) is 5.43 Å². The fourth-order valence-electron chi connectivity index (χ4n) is 2.09. The van der Waals surface area contributed by atoms with E-state index >= 15 is 0 Å². The smallest absolute Gasteiger partial charge is 0.226 e. The zero-order chi connectivity index (χ0) is 12.4. The Morgan fingerprint density at radius 3 is 2.61 bits per heavy atom. The van der Waals surface area contributed by atoms with Gasteiger partial charge in [0.1, 0.15) is 18.0 Å². The van der Waals surface area contributed by atoms with Gasteiger partial charge in [-0.1, -0.05) is 30.3 Å². The Bertz CT molecular complexity index is 536.